The molecule has 0 amide bonds. The van der Waals surface area contributed by atoms with E-state index >= 15 is 0 Å². The van der Waals surface area contributed by atoms with Crippen LogP contribution in [-0.2, 0) is 4.74 Å². The van der Waals surface area contributed by atoms with E-state index in [1.807, 2.05) is 0 Å². The SMILES string of the molecule is COCCCOc1nccnc1N. The minimum atomic E-state index is 0.319. The summed E-state index contributed by atoms with van der Waals surface area (Å²) in [6.45, 7) is 1.21. The fourth-order valence-corrected chi connectivity index (χ4v) is 0.819. The highest BCUT2D eigenvalue weighted by Gasteiger charge is 2.00. The van der Waals surface area contributed by atoms with Crippen LogP contribution >= 0.6 is 0 Å². The topological polar surface area (TPSA) is 70.3 Å². The van der Waals surface area contributed by atoms with Crippen LogP contribution in [0, 0.1) is 0 Å². The first-order chi connectivity index (χ1) is 6.34. The van der Waals surface area contributed by atoms with Gasteiger partial charge in [-0.25, -0.2) is 9.97 Å². The van der Waals surface area contributed by atoms with Gasteiger partial charge >= 0.3 is 0 Å². The van der Waals surface area contributed by atoms with E-state index in [2.05, 4.69) is 9.97 Å². The minimum Gasteiger partial charge on any atom is -0.475 e. The molecule has 72 valence electrons. The van der Waals surface area contributed by atoms with E-state index in [4.69, 9.17) is 15.2 Å². The third-order valence-electron chi connectivity index (χ3n) is 1.42. The Balaban J connectivity index is 2.32. The molecule has 0 bridgehead atoms. The molecule has 0 saturated heterocycles. The number of ether oxygens (including phenoxy) is 2. The Bertz CT molecular complexity index is 255. The molecule has 0 fully saturated rings. The van der Waals surface area contributed by atoms with Crippen molar-refractivity contribution in [1.82, 2.24) is 9.97 Å². The summed E-state index contributed by atoms with van der Waals surface area (Å²) in [5, 5.41) is 0. The molecule has 0 atom stereocenters. The Kier molecular flexibility index (Phi) is 3.98. The molecule has 0 spiro atoms. The van der Waals surface area contributed by atoms with Gasteiger partial charge < -0.3 is 15.2 Å². The Morgan fingerprint density at radius 2 is 2.08 bits per heavy atom. The summed E-state index contributed by atoms with van der Waals surface area (Å²) in [5.41, 5.74) is 5.51. The predicted octanol–water partition coefficient (Wildman–Crippen LogP) is 0.474. The summed E-state index contributed by atoms with van der Waals surface area (Å²) in [7, 11) is 1.65. The van der Waals surface area contributed by atoms with Crippen molar-refractivity contribution >= 4 is 5.82 Å². The lowest BCUT2D eigenvalue weighted by Crippen LogP contribution is -2.05. The zero-order chi connectivity index (χ0) is 9.52. The maximum Gasteiger partial charge on any atom is 0.257 e. The van der Waals surface area contributed by atoms with Crippen molar-refractivity contribution in [3.8, 4) is 5.88 Å². The van der Waals surface area contributed by atoms with Crippen LogP contribution in [0.1, 0.15) is 6.42 Å². The quantitative estimate of drug-likeness (QED) is 0.672. The Morgan fingerprint density at radius 1 is 1.31 bits per heavy atom. The minimum absolute atomic E-state index is 0.319. The normalized spacial score (nSPS) is 9.92. The van der Waals surface area contributed by atoms with E-state index in [9.17, 15) is 0 Å². The van der Waals surface area contributed by atoms with Crippen molar-refractivity contribution in [2.45, 2.75) is 6.42 Å². The summed E-state index contributed by atoms with van der Waals surface area (Å²) >= 11 is 0. The second-order valence-corrected chi connectivity index (χ2v) is 2.44. The van der Waals surface area contributed by atoms with Crippen molar-refractivity contribution in [2.75, 3.05) is 26.1 Å². The summed E-state index contributed by atoms with van der Waals surface area (Å²) < 4.78 is 10.1. The van der Waals surface area contributed by atoms with Gasteiger partial charge in [0.1, 0.15) is 0 Å². The van der Waals surface area contributed by atoms with Crippen molar-refractivity contribution in [1.29, 1.82) is 0 Å². The molecule has 1 aromatic heterocycles. The molecule has 5 heteroatoms. The second-order valence-electron chi connectivity index (χ2n) is 2.44. The largest absolute Gasteiger partial charge is 0.475 e. The first-order valence-corrected chi connectivity index (χ1v) is 4.03. The van der Waals surface area contributed by atoms with Crippen molar-refractivity contribution in [2.24, 2.45) is 0 Å². The average Bonchev–Trinajstić information content (AvgIpc) is 2.15. The number of anilines is 1. The van der Waals surface area contributed by atoms with Gasteiger partial charge in [0.2, 0.25) is 0 Å². The maximum atomic E-state index is 5.51. The van der Waals surface area contributed by atoms with Crippen LogP contribution in [0.25, 0.3) is 0 Å². The van der Waals surface area contributed by atoms with Gasteiger partial charge in [-0.2, -0.15) is 0 Å². The molecule has 1 aromatic rings. The van der Waals surface area contributed by atoms with E-state index in [0.29, 0.717) is 24.9 Å². The van der Waals surface area contributed by atoms with E-state index in [-0.39, 0.29) is 0 Å². The molecule has 0 radical (unpaired) electrons. The van der Waals surface area contributed by atoms with Crippen LogP contribution < -0.4 is 10.5 Å². The average molecular weight is 183 g/mol. The molecular weight excluding hydrogens is 170 g/mol. The number of rotatable bonds is 5. The van der Waals surface area contributed by atoms with E-state index in [1.165, 1.54) is 6.20 Å². The first kappa shape index (κ1) is 9.73. The lowest BCUT2D eigenvalue weighted by Gasteiger charge is -2.05. The molecule has 0 unspecified atom stereocenters. The highest BCUT2D eigenvalue weighted by Crippen LogP contribution is 2.12. The number of nitrogens with zero attached hydrogens (tertiary/aromatic N) is 2. The van der Waals surface area contributed by atoms with Gasteiger partial charge in [0.25, 0.3) is 5.88 Å². The zero-order valence-electron chi connectivity index (χ0n) is 7.56. The van der Waals surface area contributed by atoms with Gasteiger partial charge in [0.05, 0.1) is 6.61 Å². The summed E-state index contributed by atoms with van der Waals surface area (Å²) in [4.78, 5) is 7.76. The fourth-order valence-electron chi connectivity index (χ4n) is 0.819. The van der Waals surface area contributed by atoms with Gasteiger partial charge in [-0.1, -0.05) is 0 Å². The number of methoxy groups -OCH3 is 1. The lowest BCUT2D eigenvalue weighted by molar-refractivity contribution is 0.170. The van der Waals surface area contributed by atoms with Crippen molar-refractivity contribution in [3.05, 3.63) is 12.4 Å². The van der Waals surface area contributed by atoms with Gasteiger partial charge in [-0.15, -0.1) is 0 Å². The standard InChI is InChI=1S/C8H13N3O2/c1-12-5-2-6-13-8-7(9)10-3-4-11-8/h3-4H,2,5-6H2,1H3,(H2,9,10). The summed E-state index contributed by atoms with van der Waals surface area (Å²) in [5.74, 6) is 0.707. The molecule has 1 heterocycles. The predicted molar refractivity (Wildman–Crippen MR) is 48.4 cm³/mol. The smallest absolute Gasteiger partial charge is 0.257 e. The van der Waals surface area contributed by atoms with Gasteiger partial charge in [0.15, 0.2) is 5.82 Å². The lowest BCUT2D eigenvalue weighted by atomic mass is 10.5. The summed E-state index contributed by atoms with van der Waals surface area (Å²) in [6, 6.07) is 0. The Labute approximate surface area is 76.9 Å². The number of hydrogen-bond acceptors (Lipinski definition) is 5. The summed E-state index contributed by atoms with van der Waals surface area (Å²) in [6.07, 6.45) is 3.88. The molecule has 13 heavy (non-hydrogen) atoms. The highest BCUT2D eigenvalue weighted by atomic mass is 16.5. The maximum absolute atomic E-state index is 5.51. The molecule has 0 aromatic carbocycles. The van der Waals surface area contributed by atoms with E-state index in [1.54, 1.807) is 13.3 Å². The van der Waals surface area contributed by atoms with Crippen LogP contribution in [0.2, 0.25) is 0 Å². The molecule has 0 saturated carbocycles. The zero-order valence-corrected chi connectivity index (χ0v) is 7.56. The Morgan fingerprint density at radius 3 is 2.77 bits per heavy atom. The highest BCUT2D eigenvalue weighted by molar-refractivity contribution is 5.38. The number of nitrogens with two attached hydrogens (primary N) is 1. The van der Waals surface area contributed by atoms with Crippen LogP contribution in [0.3, 0.4) is 0 Å². The van der Waals surface area contributed by atoms with Crippen LogP contribution in [0.15, 0.2) is 12.4 Å². The van der Waals surface area contributed by atoms with Crippen LogP contribution in [-0.4, -0.2) is 30.3 Å². The van der Waals surface area contributed by atoms with Crippen molar-refractivity contribution < 1.29 is 9.47 Å². The number of aromatic nitrogens is 2. The second kappa shape index (κ2) is 5.31. The molecule has 2 N–H and O–H groups in total. The van der Waals surface area contributed by atoms with Gasteiger partial charge in [0, 0.05) is 32.5 Å². The first-order valence-electron chi connectivity index (χ1n) is 4.03. The third kappa shape index (κ3) is 3.25. The number of nitrogen functional groups attached to an aromatic ring is 1. The van der Waals surface area contributed by atoms with E-state index < -0.39 is 0 Å². The van der Waals surface area contributed by atoms with Gasteiger partial charge in [-0.05, 0) is 0 Å². The van der Waals surface area contributed by atoms with E-state index in [0.717, 1.165) is 6.42 Å². The fraction of sp³-hybridized carbons (Fsp3) is 0.500. The van der Waals surface area contributed by atoms with Crippen molar-refractivity contribution in [3.63, 3.8) is 0 Å². The van der Waals surface area contributed by atoms with Crippen LogP contribution in [0.4, 0.5) is 5.82 Å². The monoisotopic (exact) mass is 183 g/mol. The van der Waals surface area contributed by atoms with Crippen LogP contribution in [0.5, 0.6) is 5.88 Å². The molecule has 0 aliphatic rings. The molecule has 1 rings (SSSR count). The molecule has 0 aliphatic heterocycles. The van der Waals surface area contributed by atoms with Gasteiger partial charge in [-0.3, -0.25) is 0 Å². The Hall–Kier alpha value is -1.36. The number of hydrogen-bond donors (Lipinski definition) is 1. The third-order valence-corrected chi connectivity index (χ3v) is 1.42. The molecule has 5 nitrogen and oxygen atoms in total. The molecular formula is C8H13N3O2. The molecule has 0 aliphatic carbocycles.